The van der Waals surface area contributed by atoms with Crippen LogP contribution in [0.4, 0.5) is 0 Å². The maximum Gasteiger partial charge on any atom is 0.239 e. The number of likely N-dealkylation sites (N-methyl/N-ethyl adjacent to an activating group) is 1. The van der Waals surface area contributed by atoms with Gasteiger partial charge in [0.25, 0.3) is 0 Å². The first-order valence-electron chi connectivity index (χ1n) is 7.40. The lowest BCUT2D eigenvalue weighted by atomic mass is 10.3. The van der Waals surface area contributed by atoms with Gasteiger partial charge in [-0.15, -0.1) is 0 Å². The van der Waals surface area contributed by atoms with Crippen LogP contribution >= 0.6 is 0 Å². The first-order chi connectivity index (χ1) is 9.47. The van der Waals surface area contributed by atoms with Crippen LogP contribution in [0.25, 0.3) is 0 Å². The third kappa shape index (κ3) is 5.88. The minimum atomic E-state index is -0.129. The molecule has 1 rings (SSSR count). The van der Waals surface area contributed by atoms with Crippen molar-refractivity contribution in [3.63, 3.8) is 0 Å². The van der Waals surface area contributed by atoms with E-state index in [9.17, 15) is 9.59 Å². The van der Waals surface area contributed by atoms with Crippen LogP contribution in [0.5, 0.6) is 0 Å². The van der Waals surface area contributed by atoms with Gasteiger partial charge in [-0.05, 0) is 33.6 Å². The molecule has 116 valence electrons. The van der Waals surface area contributed by atoms with Gasteiger partial charge in [0.1, 0.15) is 0 Å². The van der Waals surface area contributed by atoms with Gasteiger partial charge in [0.2, 0.25) is 11.8 Å². The maximum absolute atomic E-state index is 12.2. The minimum Gasteiger partial charge on any atom is -0.395 e. The highest BCUT2D eigenvalue weighted by Crippen LogP contribution is 2.26. The quantitative estimate of drug-likeness (QED) is 0.616. The van der Waals surface area contributed by atoms with Crippen molar-refractivity contribution in [1.82, 2.24) is 15.1 Å². The third-order valence-electron chi connectivity index (χ3n) is 3.31. The molecule has 0 atom stereocenters. The number of nitrogens with zero attached hydrogens (tertiary/aromatic N) is 2. The van der Waals surface area contributed by atoms with E-state index >= 15 is 0 Å². The summed E-state index contributed by atoms with van der Waals surface area (Å²) in [7, 11) is 0. The van der Waals surface area contributed by atoms with Crippen molar-refractivity contribution < 1.29 is 14.7 Å². The van der Waals surface area contributed by atoms with Crippen LogP contribution in [-0.2, 0) is 9.59 Å². The zero-order chi connectivity index (χ0) is 15.1. The van der Waals surface area contributed by atoms with Gasteiger partial charge in [-0.1, -0.05) is 0 Å². The Labute approximate surface area is 121 Å². The Bertz CT molecular complexity index is 330. The van der Waals surface area contributed by atoms with E-state index in [1.807, 2.05) is 25.7 Å². The molecule has 0 aromatic heterocycles. The van der Waals surface area contributed by atoms with E-state index in [1.54, 1.807) is 4.90 Å². The molecular weight excluding hydrogens is 258 g/mol. The van der Waals surface area contributed by atoms with Crippen molar-refractivity contribution in [2.24, 2.45) is 0 Å². The lowest BCUT2D eigenvalue weighted by Gasteiger charge is -2.26. The Morgan fingerprint density at radius 2 is 1.95 bits per heavy atom. The van der Waals surface area contributed by atoms with E-state index in [-0.39, 0.29) is 37.6 Å². The molecule has 1 aliphatic carbocycles. The number of hydrogen-bond acceptors (Lipinski definition) is 4. The van der Waals surface area contributed by atoms with Crippen molar-refractivity contribution in [3.8, 4) is 0 Å². The smallest absolute Gasteiger partial charge is 0.239 e. The van der Waals surface area contributed by atoms with Gasteiger partial charge in [-0.25, -0.2) is 0 Å². The summed E-state index contributed by atoms with van der Waals surface area (Å²) in [5.74, 6) is -0.179. The molecule has 20 heavy (non-hydrogen) atoms. The Kier molecular flexibility index (Phi) is 6.95. The standard InChI is InChI=1S/C14H27N3O3/c1-4-16(9-13(19)15-11(2)3)14(20)10-17(7-8-18)12-5-6-12/h11-12,18H,4-10H2,1-3H3,(H,15,19). The van der Waals surface area contributed by atoms with E-state index < -0.39 is 0 Å². The topological polar surface area (TPSA) is 72.9 Å². The van der Waals surface area contributed by atoms with Gasteiger partial charge in [-0.3, -0.25) is 14.5 Å². The summed E-state index contributed by atoms with van der Waals surface area (Å²) in [5, 5.41) is 11.8. The summed E-state index contributed by atoms with van der Waals surface area (Å²) < 4.78 is 0. The highest BCUT2D eigenvalue weighted by molar-refractivity contribution is 5.85. The predicted octanol–water partition coefficient (Wildman–Crippen LogP) is -0.184. The molecular formula is C14H27N3O3. The highest BCUT2D eigenvalue weighted by atomic mass is 16.3. The first kappa shape index (κ1) is 16.9. The van der Waals surface area contributed by atoms with Crippen molar-refractivity contribution in [1.29, 1.82) is 0 Å². The van der Waals surface area contributed by atoms with Gasteiger partial charge >= 0.3 is 0 Å². The SMILES string of the molecule is CCN(CC(=O)NC(C)C)C(=O)CN(CCO)C1CC1. The fourth-order valence-electron chi connectivity index (χ4n) is 2.15. The van der Waals surface area contributed by atoms with Gasteiger partial charge in [0, 0.05) is 25.2 Å². The van der Waals surface area contributed by atoms with E-state index in [0.29, 0.717) is 19.1 Å². The molecule has 0 bridgehead atoms. The Morgan fingerprint density at radius 1 is 1.30 bits per heavy atom. The monoisotopic (exact) mass is 285 g/mol. The number of rotatable bonds is 9. The van der Waals surface area contributed by atoms with Crippen LogP contribution < -0.4 is 5.32 Å². The highest BCUT2D eigenvalue weighted by Gasteiger charge is 2.31. The average Bonchev–Trinajstić information content (AvgIpc) is 3.18. The van der Waals surface area contributed by atoms with Crippen LogP contribution in [0, 0.1) is 0 Å². The van der Waals surface area contributed by atoms with E-state index in [1.165, 1.54) is 0 Å². The first-order valence-corrected chi connectivity index (χ1v) is 7.40. The molecule has 0 aromatic rings. The van der Waals surface area contributed by atoms with Crippen LogP contribution in [0.15, 0.2) is 0 Å². The molecule has 1 aliphatic rings. The lowest BCUT2D eigenvalue weighted by molar-refractivity contribution is -0.137. The molecule has 0 saturated heterocycles. The summed E-state index contributed by atoms with van der Waals surface area (Å²) in [6, 6.07) is 0.503. The number of hydrogen-bond donors (Lipinski definition) is 2. The molecule has 2 N–H and O–H groups in total. The summed E-state index contributed by atoms with van der Waals surface area (Å²) >= 11 is 0. The summed E-state index contributed by atoms with van der Waals surface area (Å²) in [6.07, 6.45) is 2.18. The van der Waals surface area contributed by atoms with Crippen molar-refractivity contribution in [2.75, 3.05) is 32.8 Å². The molecule has 0 heterocycles. The second-order valence-corrected chi connectivity index (χ2v) is 5.56. The molecule has 1 saturated carbocycles. The summed E-state index contributed by atoms with van der Waals surface area (Å²) in [4.78, 5) is 27.5. The Balaban J connectivity index is 2.46. The molecule has 6 heteroatoms. The second-order valence-electron chi connectivity index (χ2n) is 5.56. The Hall–Kier alpha value is -1.14. The number of amides is 2. The number of aliphatic hydroxyl groups excluding tert-OH is 1. The van der Waals surface area contributed by atoms with Gasteiger partial charge in [0.05, 0.1) is 19.7 Å². The van der Waals surface area contributed by atoms with Gasteiger partial charge in [-0.2, -0.15) is 0 Å². The molecule has 1 fully saturated rings. The number of aliphatic hydroxyl groups is 1. The Morgan fingerprint density at radius 3 is 2.40 bits per heavy atom. The number of carbonyl (C=O) groups excluding carboxylic acids is 2. The third-order valence-corrected chi connectivity index (χ3v) is 3.31. The normalized spacial score (nSPS) is 14.7. The fraction of sp³-hybridized carbons (Fsp3) is 0.857. The molecule has 0 aliphatic heterocycles. The van der Waals surface area contributed by atoms with Crippen molar-refractivity contribution in [2.45, 2.75) is 45.7 Å². The molecule has 0 spiro atoms. The average molecular weight is 285 g/mol. The van der Waals surface area contributed by atoms with E-state index in [4.69, 9.17) is 5.11 Å². The lowest BCUT2D eigenvalue weighted by Crippen LogP contribution is -2.47. The zero-order valence-corrected chi connectivity index (χ0v) is 12.8. The van der Waals surface area contributed by atoms with Crippen LogP contribution in [0.1, 0.15) is 33.6 Å². The van der Waals surface area contributed by atoms with Gasteiger partial charge < -0.3 is 15.3 Å². The summed E-state index contributed by atoms with van der Waals surface area (Å²) in [5.41, 5.74) is 0. The zero-order valence-electron chi connectivity index (χ0n) is 12.8. The van der Waals surface area contributed by atoms with E-state index in [2.05, 4.69) is 5.32 Å². The largest absolute Gasteiger partial charge is 0.395 e. The van der Waals surface area contributed by atoms with Crippen molar-refractivity contribution in [3.05, 3.63) is 0 Å². The fourth-order valence-corrected chi connectivity index (χ4v) is 2.15. The van der Waals surface area contributed by atoms with E-state index in [0.717, 1.165) is 12.8 Å². The van der Waals surface area contributed by atoms with Crippen LogP contribution in [0.2, 0.25) is 0 Å². The molecule has 0 unspecified atom stereocenters. The number of nitrogens with one attached hydrogen (secondary N) is 1. The minimum absolute atomic E-state index is 0.0493. The van der Waals surface area contributed by atoms with Crippen LogP contribution in [0.3, 0.4) is 0 Å². The second kappa shape index (κ2) is 8.21. The molecule has 0 radical (unpaired) electrons. The maximum atomic E-state index is 12.2. The predicted molar refractivity (Wildman–Crippen MR) is 77.2 cm³/mol. The van der Waals surface area contributed by atoms with Crippen molar-refractivity contribution >= 4 is 11.8 Å². The molecule has 2 amide bonds. The summed E-state index contributed by atoms with van der Waals surface area (Å²) in [6.45, 7) is 7.14. The van der Waals surface area contributed by atoms with Gasteiger partial charge in [0.15, 0.2) is 0 Å². The van der Waals surface area contributed by atoms with Crippen LogP contribution in [-0.4, -0.2) is 71.6 Å². The molecule has 6 nitrogen and oxygen atoms in total. The molecule has 0 aromatic carbocycles. The number of carbonyl (C=O) groups is 2.